The summed E-state index contributed by atoms with van der Waals surface area (Å²) in [6.45, 7) is 2.96. The van der Waals surface area contributed by atoms with Crippen LogP contribution in [0.3, 0.4) is 0 Å². The third-order valence-electron chi connectivity index (χ3n) is 0.839. The van der Waals surface area contributed by atoms with Crippen LogP contribution in [0.5, 0.6) is 0 Å². The highest BCUT2D eigenvalue weighted by atomic mass is 16.5. The van der Waals surface area contributed by atoms with Crippen LogP contribution in [0, 0.1) is 12.3 Å². The molecule has 0 spiro atoms. The summed E-state index contributed by atoms with van der Waals surface area (Å²) >= 11 is 0. The van der Waals surface area contributed by atoms with E-state index in [-0.39, 0.29) is 5.78 Å². The van der Waals surface area contributed by atoms with Crippen molar-refractivity contribution in [3.63, 3.8) is 0 Å². The first kappa shape index (κ1) is 8.19. The lowest BCUT2D eigenvalue weighted by Crippen LogP contribution is -2.00. The molecule has 0 heterocycles. The van der Waals surface area contributed by atoms with Crippen molar-refractivity contribution < 1.29 is 9.53 Å². The molecular formula is C7H10O2. The Bertz CT molecular complexity index is 121. The first-order valence-corrected chi connectivity index (χ1v) is 2.88. The Morgan fingerprint density at radius 2 is 2.44 bits per heavy atom. The minimum absolute atomic E-state index is 0.191. The van der Waals surface area contributed by atoms with Gasteiger partial charge in [-0.1, -0.05) is 0 Å². The van der Waals surface area contributed by atoms with Crippen LogP contribution in [0.25, 0.3) is 0 Å². The van der Waals surface area contributed by atoms with E-state index in [1.165, 1.54) is 0 Å². The lowest BCUT2D eigenvalue weighted by atomic mass is 10.3. The number of hydrogen-bond donors (Lipinski definition) is 0. The minimum Gasteiger partial charge on any atom is -0.381 e. The molecule has 0 aliphatic rings. The van der Waals surface area contributed by atoms with Crippen molar-refractivity contribution in [2.75, 3.05) is 13.2 Å². The van der Waals surface area contributed by atoms with Crippen LogP contribution in [0.1, 0.15) is 13.3 Å². The number of ketones is 1. The zero-order valence-electron chi connectivity index (χ0n) is 5.52. The average Bonchev–Trinajstić information content (AvgIpc) is 1.89. The molecule has 0 rings (SSSR count). The standard InChI is InChI=1S/C7H10O2/c1-3-7(8)5-6-9-4-2/h1H,4-6H2,2H3. The molecule has 0 aliphatic carbocycles. The zero-order chi connectivity index (χ0) is 7.11. The van der Waals surface area contributed by atoms with Gasteiger partial charge in [0, 0.05) is 13.0 Å². The Hall–Kier alpha value is -0.810. The summed E-state index contributed by atoms with van der Waals surface area (Å²) in [7, 11) is 0. The predicted molar refractivity (Wildman–Crippen MR) is 34.9 cm³/mol. The normalized spacial score (nSPS) is 8.44. The van der Waals surface area contributed by atoms with Crippen molar-refractivity contribution in [2.45, 2.75) is 13.3 Å². The van der Waals surface area contributed by atoms with Gasteiger partial charge in [-0.3, -0.25) is 4.79 Å². The molecule has 0 bridgehead atoms. The molecule has 0 saturated carbocycles. The van der Waals surface area contributed by atoms with Gasteiger partial charge in [-0.15, -0.1) is 6.42 Å². The molecule has 0 amide bonds. The van der Waals surface area contributed by atoms with Crippen LogP contribution in [-0.2, 0) is 9.53 Å². The number of carbonyl (C=O) groups excluding carboxylic acids is 1. The topological polar surface area (TPSA) is 26.3 Å². The second-order valence-electron chi connectivity index (χ2n) is 1.51. The van der Waals surface area contributed by atoms with Crippen LogP contribution < -0.4 is 0 Å². The highest BCUT2D eigenvalue weighted by Crippen LogP contribution is 1.82. The fourth-order valence-corrected chi connectivity index (χ4v) is 0.381. The van der Waals surface area contributed by atoms with Gasteiger partial charge in [-0.2, -0.15) is 0 Å². The monoisotopic (exact) mass is 126 g/mol. The van der Waals surface area contributed by atoms with Gasteiger partial charge in [0.2, 0.25) is 5.78 Å². The maximum atomic E-state index is 10.4. The minimum atomic E-state index is -0.191. The van der Waals surface area contributed by atoms with Crippen molar-refractivity contribution >= 4 is 5.78 Å². The van der Waals surface area contributed by atoms with Gasteiger partial charge in [0.25, 0.3) is 0 Å². The number of rotatable bonds is 4. The summed E-state index contributed by atoms with van der Waals surface area (Å²) < 4.78 is 4.89. The van der Waals surface area contributed by atoms with E-state index in [0.29, 0.717) is 19.6 Å². The van der Waals surface area contributed by atoms with Crippen LogP contribution in [-0.4, -0.2) is 19.0 Å². The van der Waals surface area contributed by atoms with Gasteiger partial charge in [-0.05, 0) is 12.8 Å². The number of terminal acetylenes is 1. The molecule has 0 aromatic heterocycles. The maximum absolute atomic E-state index is 10.4. The number of carbonyl (C=O) groups is 1. The van der Waals surface area contributed by atoms with Crippen molar-refractivity contribution in [2.24, 2.45) is 0 Å². The summed E-state index contributed by atoms with van der Waals surface area (Å²) in [4.78, 5) is 10.4. The molecule has 0 aromatic carbocycles. The molecule has 9 heavy (non-hydrogen) atoms. The van der Waals surface area contributed by atoms with Gasteiger partial charge in [0.05, 0.1) is 6.61 Å². The van der Waals surface area contributed by atoms with E-state index >= 15 is 0 Å². The summed E-state index contributed by atoms with van der Waals surface area (Å²) in [5, 5.41) is 0. The first-order valence-electron chi connectivity index (χ1n) is 2.88. The Kier molecular flexibility index (Phi) is 4.85. The highest BCUT2D eigenvalue weighted by molar-refractivity contribution is 5.94. The van der Waals surface area contributed by atoms with E-state index in [1.807, 2.05) is 12.8 Å². The molecule has 0 saturated heterocycles. The summed E-state index contributed by atoms with van der Waals surface area (Å²) in [5.41, 5.74) is 0. The molecule has 2 heteroatoms. The third-order valence-corrected chi connectivity index (χ3v) is 0.839. The zero-order valence-corrected chi connectivity index (χ0v) is 5.52. The average molecular weight is 126 g/mol. The van der Waals surface area contributed by atoms with Crippen molar-refractivity contribution in [3.05, 3.63) is 0 Å². The number of Topliss-reactive ketones (excluding diaryl/α,β-unsaturated/α-hetero) is 1. The third kappa shape index (κ3) is 5.05. The quantitative estimate of drug-likeness (QED) is 0.313. The molecule has 0 atom stereocenters. The molecular weight excluding hydrogens is 116 g/mol. The molecule has 0 radical (unpaired) electrons. The van der Waals surface area contributed by atoms with E-state index in [0.717, 1.165) is 0 Å². The molecule has 0 fully saturated rings. The second kappa shape index (κ2) is 5.33. The van der Waals surface area contributed by atoms with Gasteiger partial charge < -0.3 is 4.74 Å². The van der Waals surface area contributed by atoms with Gasteiger partial charge in [0.15, 0.2) is 0 Å². The molecule has 0 unspecified atom stereocenters. The van der Waals surface area contributed by atoms with Gasteiger partial charge >= 0.3 is 0 Å². The SMILES string of the molecule is C#CC(=O)CCOCC. The van der Waals surface area contributed by atoms with Gasteiger partial charge in [-0.25, -0.2) is 0 Å². The lowest BCUT2D eigenvalue weighted by molar-refractivity contribution is -0.114. The van der Waals surface area contributed by atoms with Crippen LogP contribution in [0.15, 0.2) is 0 Å². The molecule has 50 valence electrons. The highest BCUT2D eigenvalue weighted by Gasteiger charge is 1.93. The Balaban J connectivity index is 3.10. The summed E-state index contributed by atoms with van der Waals surface area (Å²) in [5.74, 6) is 1.81. The maximum Gasteiger partial charge on any atom is 0.207 e. The van der Waals surface area contributed by atoms with Gasteiger partial charge in [0.1, 0.15) is 0 Å². The summed E-state index contributed by atoms with van der Waals surface area (Å²) in [6, 6.07) is 0. The predicted octanol–water partition coefficient (Wildman–Crippen LogP) is 0.615. The van der Waals surface area contributed by atoms with Crippen molar-refractivity contribution in [1.82, 2.24) is 0 Å². The smallest absolute Gasteiger partial charge is 0.207 e. The number of ether oxygens (including phenoxy) is 1. The van der Waals surface area contributed by atoms with Crippen molar-refractivity contribution in [3.8, 4) is 12.3 Å². The molecule has 2 nitrogen and oxygen atoms in total. The lowest BCUT2D eigenvalue weighted by Gasteiger charge is -1.94. The van der Waals surface area contributed by atoms with E-state index < -0.39 is 0 Å². The Labute approximate surface area is 55.2 Å². The van der Waals surface area contributed by atoms with E-state index in [1.54, 1.807) is 0 Å². The van der Waals surface area contributed by atoms with E-state index in [9.17, 15) is 4.79 Å². The molecule has 0 aliphatic heterocycles. The van der Waals surface area contributed by atoms with Crippen LogP contribution in [0.2, 0.25) is 0 Å². The largest absolute Gasteiger partial charge is 0.381 e. The fraction of sp³-hybridized carbons (Fsp3) is 0.571. The van der Waals surface area contributed by atoms with Crippen molar-refractivity contribution in [1.29, 1.82) is 0 Å². The Morgan fingerprint density at radius 1 is 1.78 bits per heavy atom. The molecule has 0 N–H and O–H groups in total. The summed E-state index contributed by atoms with van der Waals surface area (Å²) in [6.07, 6.45) is 5.14. The fourth-order valence-electron chi connectivity index (χ4n) is 0.381. The van der Waals surface area contributed by atoms with Crippen LogP contribution in [0.4, 0.5) is 0 Å². The molecule has 0 aromatic rings. The van der Waals surface area contributed by atoms with Crippen LogP contribution >= 0.6 is 0 Å². The first-order chi connectivity index (χ1) is 4.31. The van der Waals surface area contributed by atoms with E-state index in [2.05, 4.69) is 0 Å². The van der Waals surface area contributed by atoms with E-state index in [4.69, 9.17) is 11.2 Å². The number of hydrogen-bond acceptors (Lipinski definition) is 2. The Morgan fingerprint density at radius 3 is 2.89 bits per heavy atom. The second-order valence-corrected chi connectivity index (χ2v) is 1.51.